The number of aryl methyl sites for hydroxylation is 1. The largest absolute Gasteiger partial charge is 0.497 e. The molecule has 2 heterocycles. The fraction of sp³-hybridized carbons (Fsp3) is 0.250. The van der Waals surface area contributed by atoms with E-state index in [0.717, 1.165) is 10.1 Å². The van der Waals surface area contributed by atoms with Gasteiger partial charge in [-0.3, -0.25) is 23.4 Å². The van der Waals surface area contributed by atoms with Crippen LogP contribution in [0.1, 0.15) is 18.1 Å². The van der Waals surface area contributed by atoms with Crippen molar-refractivity contribution in [3.05, 3.63) is 92.5 Å². The summed E-state index contributed by atoms with van der Waals surface area (Å²) < 4.78 is 22.3. The van der Waals surface area contributed by atoms with Crippen molar-refractivity contribution in [2.45, 2.75) is 33.1 Å². The summed E-state index contributed by atoms with van der Waals surface area (Å²) in [5.74, 6) is -0.148. The zero-order valence-corrected chi connectivity index (χ0v) is 18.8. The molecule has 0 unspecified atom stereocenters. The summed E-state index contributed by atoms with van der Waals surface area (Å²) in [5.41, 5.74) is 0.570. The molecule has 9 nitrogen and oxygen atoms in total. The van der Waals surface area contributed by atoms with Gasteiger partial charge < -0.3 is 10.1 Å². The molecule has 0 aliphatic carbocycles. The number of nitrogens with one attached hydrogen (secondary N) is 1. The van der Waals surface area contributed by atoms with Crippen molar-refractivity contribution in [1.82, 2.24) is 24.2 Å². The van der Waals surface area contributed by atoms with E-state index in [9.17, 15) is 18.8 Å². The number of halogens is 1. The van der Waals surface area contributed by atoms with Gasteiger partial charge in [-0.1, -0.05) is 24.3 Å². The molecule has 0 atom stereocenters. The predicted molar refractivity (Wildman–Crippen MR) is 124 cm³/mol. The Morgan fingerprint density at radius 3 is 2.56 bits per heavy atom. The number of aromatic nitrogens is 4. The predicted octanol–water partition coefficient (Wildman–Crippen LogP) is 1.89. The van der Waals surface area contributed by atoms with E-state index >= 15 is 0 Å². The summed E-state index contributed by atoms with van der Waals surface area (Å²) in [7, 11) is 1.56. The van der Waals surface area contributed by atoms with Crippen molar-refractivity contribution < 1.29 is 13.9 Å². The van der Waals surface area contributed by atoms with E-state index < -0.39 is 23.0 Å². The number of hydrogen-bond donors (Lipinski definition) is 1. The van der Waals surface area contributed by atoms with Gasteiger partial charge in [-0.05, 0) is 42.3 Å². The molecule has 0 saturated heterocycles. The smallest absolute Gasteiger partial charge is 0.332 e. The number of carbonyl (C=O) groups excluding carboxylic acids is 1. The molecule has 0 bridgehead atoms. The van der Waals surface area contributed by atoms with Gasteiger partial charge in [0.2, 0.25) is 5.91 Å². The van der Waals surface area contributed by atoms with Gasteiger partial charge in [0.25, 0.3) is 5.56 Å². The van der Waals surface area contributed by atoms with Gasteiger partial charge in [0.1, 0.15) is 18.1 Å². The summed E-state index contributed by atoms with van der Waals surface area (Å²) in [6.45, 7) is 2.22. The highest BCUT2D eigenvalue weighted by Crippen LogP contribution is 2.12. The van der Waals surface area contributed by atoms with Gasteiger partial charge in [0.05, 0.1) is 19.2 Å². The molecule has 10 heteroatoms. The summed E-state index contributed by atoms with van der Waals surface area (Å²) >= 11 is 0. The van der Waals surface area contributed by atoms with Crippen LogP contribution in [0.5, 0.6) is 5.75 Å². The summed E-state index contributed by atoms with van der Waals surface area (Å²) in [4.78, 5) is 39.1. The van der Waals surface area contributed by atoms with Gasteiger partial charge in [-0.25, -0.2) is 9.18 Å². The minimum atomic E-state index is -0.644. The number of hydrogen-bond acceptors (Lipinski definition) is 5. The van der Waals surface area contributed by atoms with Crippen LogP contribution in [0.25, 0.3) is 11.0 Å². The Balaban J connectivity index is 1.66. The number of ether oxygens (including phenoxy) is 1. The minimum Gasteiger partial charge on any atom is -0.497 e. The maximum Gasteiger partial charge on any atom is 0.332 e. The molecule has 0 aliphatic rings. The molecule has 4 rings (SSSR count). The number of rotatable bonds is 8. The Morgan fingerprint density at radius 2 is 1.85 bits per heavy atom. The second-order valence-electron chi connectivity index (χ2n) is 7.73. The third kappa shape index (κ3) is 4.75. The third-order valence-electron chi connectivity index (χ3n) is 5.45. The van der Waals surface area contributed by atoms with Crippen LogP contribution in [0, 0.1) is 5.82 Å². The summed E-state index contributed by atoms with van der Waals surface area (Å²) in [5, 5.41) is 7.08. The van der Waals surface area contributed by atoms with E-state index in [1.165, 1.54) is 28.8 Å². The Morgan fingerprint density at radius 1 is 1.09 bits per heavy atom. The van der Waals surface area contributed by atoms with Gasteiger partial charge in [-0.2, -0.15) is 5.10 Å². The van der Waals surface area contributed by atoms with Crippen LogP contribution in [0.4, 0.5) is 4.39 Å². The second-order valence-corrected chi connectivity index (χ2v) is 7.73. The fourth-order valence-corrected chi connectivity index (χ4v) is 3.63. The lowest BCUT2D eigenvalue weighted by Crippen LogP contribution is -2.42. The average Bonchev–Trinajstić information content (AvgIpc) is 3.29. The van der Waals surface area contributed by atoms with Gasteiger partial charge >= 0.3 is 5.69 Å². The molecular formula is C24H24FN5O4. The molecular weight excluding hydrogens is 441 g/mol. The summed E-state index contributed by atoms with van der Waals surface area (Å²) in [6, 6.07) is 12.8. The fourth-order valence-electron chi connectivity index (χ4n) is 3.63. The number of nitrogens with zero attached hydrogens (tertiary/aromatic N) is 4. The van der Waals surface area contributed by atoms with Gasteiger partial charge in [-0.15, -0.1) is 0 Å². The van der Waals surface area contributed by atoms with E-state index in [1.54, 1.807) is 30.1 Å². The van der Waals surface area contributed by atoms with E-state index in [0.29, 0.717) is 17.9 Å². The number of benzene rings is 2. The lowest BCUT2D eigenvalue weighted by Gasteiger charge is -2.12. The quantitative estimate of drug-likeness (QED) is 0.428. The number of fused-ring (bicyclic) bond motifs is 1. The number of amides is 1. The van der Waals surface area contributed by atoms with Crippen molar-refractivity contribution in [2.75, 3.05) is 7.11 Å². The minimum absolute atomic E-state index is 0.0711. The monoisotopic (exact) mass is 465 g/mol. The van der Waals surface area contributed by atoms with Crippen molar-refractivity contribution in [3.8, 4) is 5.75 Å². The Hall–Kier alpha value is -4.21. The normalized spacial score (nSPS) is 11.0. The van der Waals surface area contributed by atoms with Crippen LogP contribution in [0.15, 0.2) is 64.3 Å². The molecule has 2 aromatic heterocycles. The zero-order chi connectivity index (χ0) is 24.2. The lowest BCUT2D eigenvalue weighted by molar-refractivity contribution is -0.121. The molecule has 1 amide bonds. The molecule has 0 fully saturated rings. The maximum absolute atomic E-state index is 13.3. The first-order chi connectivity index (χ1) is 16.4. The molecule has 0 spiro atoms. The highest BCUT2D eigenvalue weighted by atomic mass is 19.1. The van der Waals surface area contributed by atoms with Crippen LogP contribution >= 0.6 is 0 Å². The Kier molecular flexibility index (Phi) is 6.58. The van der Waals surface area contributed by atoms with Gasteiger partial charge in [0.15, 0.2) is 5.52 Å². The number of carbonyl (C=O) groups is 1. The van der Waals surface area contributed by atoms with Crippen LogP contribution < -0.4 is 21.3 Å². The first-order valence-electron chi connectivity index (χ1n) is 10.7. The molecule has 4 aromatic rings. The van der Waals surface area contributed by atoms with Crippen LogP contribution in [-0.4, -0.2) is 31.9 Å². The van der Waals surface area contributed by atoms with E-state index in [-0.39, 0.29) is 30.7 Å². The lowest BCUT2D eigenvalue weighted by atomic mass is 10.2. The first kappa shape index (κ1) is 23.0. The Bertz CT molecular complexity index is 1450. The highest BCUT2D eigenvalue weighted by Gasteiger charge is 2.18. The van der Waals surface area contributed by atoms with Crippen LogP contribution in [0.2, 0.25) is 0 Å². The van der Waals surface area contributed by atoms with E-state index in [2.05, 4.69) is 10.4 Å². The maximum atomic E-state index is 13.3. The molecule has 176 valence electrons. The standard InChI is InChI=1S/C24H24FN5O4/c1-3-28-14-20-22(27-28)23(32)30(13-16-7-9-18(25)10-8-16)24(33)29(20)15-21(31)26-12-17-5-4-6-19(11-17)34-2/h4-11,14H,3,12-13,15H2,1-2H3,(H,26,31). The third-order valence-corrected chi connectivity index (χ3v) is 5.45. The van der Waals surface area contributed by atoms with Crippen molar-refractivity contribution in [2.24, 2.45) is 0 Å². The van der Waals surface area contributed by atoms with Gasteiger partial charge in [0, 0.05) is 19.3 Å². The molecule has 0 saturated carbocycles. The second kappa shape index (κ2) is 9.74. The Labute approximate surface area is 194 Å². The highest BCUT2D eigenvalue weighted by molar-refractivity contribution is 5.79. The molecule has 34 heavy (non-hydrogen) atoms. The van der Waals surface area contributed by atoms with E-state index in [1.807, 2.05) is 19.1 Å². The molecule has 1 N–H and O–H groups in total. The SMILES string of the molecule is CCn1cc2c(n1)c(=O)n(Cc1ccc(F)cc1)c(=O)n2CC(=O)NCc1cccc(OC)c1. The van der Waals surface area contributed by atoms with E-state index in [4.69, 9.17) is 4.74 Å². The number of methoxy groups -OCH3 is 1. The molecule has 2 aromatic carbocycles. The molecule has 0 aliphatic heterocycles. The van der Waals surface area contributed by atoms with Crippen molar-refractivity contribution in [1.29, 1.82) is 0 Å². The zero-order valence-electron chi connectivity index (χ0n) is 18.8. The van der Waals surface area contributed by atoms with Crippen LogP contribution in [0.3, 0.4) is 0 Å². The molecule has 0 radical (unpaired) electrons. The topological polar surface area (TPSA) is 100 Å². The average molecular weight is 465 g/mol. The van der Waals surface area contributed by atoms with Crippen LogP contribution in [-0.2, 0) is 31.0 Å². The first-order valence-corrected chi connectivity index (χ1v) is 10.7. The van der Waals surface area contributed by atoms with Crippen molar-refractivity contribution >= 4 is 16.9 Å². The summed E-state index contributed by atoms with van der Waals surface area (Å²) in [6.07, 6.45) is 1.58. The van der Waals surface area contributed by atoms with Crippen molar-refractivity contribution in [3.63, 3.8) is 0 Å².